The molecule has 0 aliphatic carbocycles. The first kappa shape index (κ1) is 17.9. The topological polar surface area (TPSA) is 46.4 Å². The van der Waals surface area contributed by atoms with Crippen LogP contribution in [-0.2, 0) is 6.18 Å². The van der Waals surface area contributed by atoms with Crippen LogP contribution in [0.4, 0.5) is 23.7 Å². The molecular weight excluding hydrogens is 363 g/mol. The monoisotopic (exact) mass is 377 g/mol. The van der Waals surface area contributed by atoms with Crippen LogP contribution >= 0.6 is 11.3 Å². The molecule has 0 bridgehead atoms. The van der Waals surface area contributed by atoms with Crippen LogP contribution in [0, 0.1) is 6.92 Å². The Morgan fingerprint density at radius 3 is 2.35 bits per heavy atom. The van der Waals surface area contributed by atoms with Crippen molar-refractivity contribution >= 4 is 23.1 Å². The summed E-state index contributed by atoms with van der Waals surface area (Å²) in [7, 11) is 0. The number of amides is 2. The normalized spacial score (nSPS) is 12.2. The summed E-state index contributed by atoms with van der Waals surface area (Å²) in [6, 6.07) is 13.0. The molecule has 3 aromatic rings. The van der Waals surface area contributed by atoms with Crippen LogP contribution in [0.1, 0.15) is 10.4 Å². The van der Waals surface area contributed by atoms with Gasteiger partial charge in [0.1, 0.15) is 0 Å². The van der Waals surface area contributed by atoms with E-state index in [0.29, 0.717) is 16.2 Å². The number of nitrogens with one attached hydrogen (secondary N) is 1. The zero-order chi connectivity index (χ0) is 18.7. The van der Waals surface area contributed by atoms with Crippen molar-refractivity contribution < 1.29 is 18.0 Å². The molecule has 1 heterocycles. The summed E-state index contributed by atoms with van der Waals surface area (Å²) in [6.07, 6.45) is -2.67. The van der Waals surface area contributed by atoms with Gasteiger partial charge in [0.15, 0.2) is 4.80 Å². The lowest BCUT2D eigenvalue weighted by Crippen LogP contribution is -2.17. The second-order valence-corrected chi connectivity index (χ2v) is 6.66. The SMILES string of the molecule is Cc1cn(-c2ccc(C(F)(F)F)cc2)c(=NC(=O)Nc2ccccc2)s1. The Kier molecular flexibility index (Phi) is 4.94. The van der Waals surface area contributed by atoms with Gasteiger partial charge in [-0.1, -0.05) is 18.2 Å². The first-order valence-corrected chi connectivity index (χ1v) is 8.42. The molecule has 3 rings (SSSR count). The molecule has 0 fully saturated rings. The molecule has 2 aromatic carbocycles. The second kappa shape index (κ2) is 7.17. The zero-order valence-electron chi connectivity index (χ0n) is 13.6. The highest BCUT2D eigenvalue weighted by Gasteiger charge is 2.30. The summed E-state index contributed by atoms with van der Waals surface area (Å²) in [5.74, 6) is 0. The molecule has 2 amide bonds. The second-order valence-electron chi connectivity index (χ2n) is 5.45. The molecule has 0 saturated heterocycles. The predicted molar refractivity (Wildman–Crippen MR) is 94.4 cm³/mol. The highest BCUT2D eigenvalue weighted by atomic mass is 32.1. The molecule has 0 spiro atoms. The number of nitrogens with zero attached hydrogens (tertiary/aromatic N) is 2. The van der Waals surface area contributed by atoms with Crippen LogP contribution in [0.3, 0.4) is 0 Å². The Labute approximate surface area is 151 Å². The van der Waals surface area contributed by atoms with Crippen molar-refractivity contribution in [1.82, 2.24) is 4.57 Å². The number of urea groups is 1. The van der Waals surface area contributed by atoms with Crippen LogP contribution in [0.5, 0.6) is 0 Å². The summed E-state index contributed by atoms with van der Waals surface area (Å²) in [4.78, 5) is 17.4. The number of benzene rings is 2. The van der Waals surface area contributed by atoms with Crippen molar-refractivity contribution in [3.63, 3.8) is 0 Å². The molecule has 0 saturated carbocycles. The number of carbonyl (C=O) groups excluding carboxylic acids is 1. The van der Waals surface area contributed by atoms with Crippen LogP contribution in [0.2, 0.25) is 0 Å². The highest BCUT2D eigenvalue weighted by Crippen LogP contribution is 2.29. The first-order chi connectivity index (χ1) is 12.3. The van der Waals surface area contributed by atoms with Gasteiger partial charge >= 0.3 is 12.2 Å². The quantitative estimate of drug-likeness (QED) is 0.671. The van der Waals surface area contributed by atoms with E-state index >= 15 is 0 Å². The molecule has 0 radical (unpaired) electrons. The van der Waals surface area contributed by atoms with E-state index in [1.54, 1.807) is 35.0 Å². The van der Waals surface area contributed by atoms with E-state index in [4.69, 9.17) is 0 Å². The first-order valence-electron chi connectivity index (χ1n) is 7.60. The van der Waals surface area contributed by atoms with Crippen molar-refractivity contribution in [3.05, 3.63) is 76.0 Å². The van der Waals surface area contributed by atoms with Crippen LogP contribution in [0.15, 0.2) is 65.8 Å². The van der Waals surface area contributed by atoms with Gasteiger partial charge in [-0.05, 0) is 43.3 Å². The molecule has 4 nitrogen and oxygen atoms in total. The summed E-state index contributed by atoms with van der Waals surface area (Å²) in [5.41, 5.74) is 0.373. The van der Waals surface area contributed by atoms with Crippen molar-refractivity contribution in [2.45, 2.75) is 13.1 Å². The van der Waals surface area contributed by atoms with Gasteiger partial charge in [-0.3, -0.25) is 4.57 Å². The summed E-state index contributed by atoms with van der Waals surface area (Å²) >= 11 is 1.27. The number of aryl methyl sites for hydroxylation is 1. The number of para-hydroxylation sites is 1. The molecule has 8 heteroatoms. The largest absolute Gasteiger partial charge is 0.416 e. The Hall–Kier alpha value is -2.87. The third-order valence-electron chi connectivity index (χ3n) is 3.46. The summed E-state index contributed by atoms with van der Waals surface area (Å²) in [6.45, 7) is 1.83. The Morgan fingerprint density at radius 2 is 1.73 bits per heavy atom. The number of aromatic nitrogens is 1. The Morgan fingerprint density at radius 1 is 1.08 bits per heavy atom. The maximum absolute atomic E-state index is 12.7. The minimum absolute atomic E-state index is 0.371. The molecule has 0 atom stereocenters. The van der Waals surface area contributed by atoms with E-state index < -0.39 is 17.8 Å². The molecule has 26 heavy (non-hydrogen) atoms. The standard InChI is InChI=1S/C18H14F3N3OS/c1-12-11-24(15-9-7-13(8-10-15)18(19,20)21)17(26-12)23-16(25)22-14-5-3-2-4-6-14/h2-11H,1H3,(H,22,25). The number of thiazole rings is 1. The minimum atomic E-state index is -4.39. The lowest BCUT2D eigenvalue weighted by molar-refractivity contribution is -0.137. The molecule has 0 unspecified atom stereocenters. The van der Waals surface area contributed by atoms with E-state index in [9.17, 15) is 18.0 Å². The zero-order valence-corrected chi connectivity index (χ0v) is 14.4. The maximum Gasteiger partial charge on any atom is 0.416 e. The smallest absolute Gasteiger partial charge is 0.306 e. The van der Waals surface area contributed by atoms with Crippen LogP contribution in [0.25, 0.3) is 5.69 Å². The number of anilines is 1. The Bertz CT molecular complexity index is 973. The molecule has 0 aliphatic heterocycles. The van der Waals surface area contributed by atoms with Crippen molar-refractivity contribution in [2.75, 3.05) is 5.32 Å². The fourth-order valence-corrected chi connectivity index (χ4v) is 3.12. The average Bonchev–Trinajstić information content (AvgIpc) is 2.95. The lowest BCUT2D eigenvalue weighted by Gasteiger charge is -2.08. The number of alkyl halides is 3. The van der Waals surface area contributed by atoms with Gasteiger partial charge in [-0.25, -0.2) is 4.79 Å². The van der Waals surface area contributed by atoms with Crippen LogP contribution < -0.4 is 10.1 Å². The molecule has 0 aliphatic rings. The molecule has 1 N–H and O–H groups in total. The lowest BCUT2D eigenvalue weighted by atomic mass is 10.2. The predicted octanol–water partition coefficient (Wildman–Crippen LogP) is 5.00. The van der Waals surface area contributed by atoms with Gasteiger partial charge in [0, 0.05) is 22.4 Å². The van der Waals surface area contributed by atoms with Gasteiger partial charge in [-0.15, -0.1) is 11.3 Å². The van der Waals surface area contributed by atoms with Gasteiger partial charge in [0.25, 0.3) is 0 Å². The molecule has 1 aromatic heterocycles. The fourth-order valence-electron chi connectivity index (χ4n) is 2.29. The third kappa shape index (κ3) is 4.20. The third-order valence-corrected chi connectivity index (χ3v) is 4.36. The van der Waals surface area contributed by atoms with E-state index in [-0.39, 0.29) is 0 Å². The van der Waals surface area contributed by atoms with Crippen LogP contribution in [-0.4, -0.2) is 10.6 Å². The summed E-state index contributed by atoms with van der Waals surface area (Å²) < 4.78 is 39.7. The number of halogens is 3. The summed E-state index contributed by atoms with van der Waals surface area (Å²) in [5, 5.41) is 2.65. The van der Waals surface area contributed by atoms with Gasteiger partial charge in [0.2, 0.25) is 0 Å². The van der Waals surface area contributed by atoms with Gasteiger partial charge < -0.3 is 5.32 Å². The maximum atomic E-state index is 12.7. The van der Waals surface area contributed by atoms with E-state index in [0.717, 1.165) is 17.0 Å². The van der Waals surface area contributed by atoms with Crippen molar-refractivity contribution in [1.29, 1.82) is 0 Å². The van der Waals surface area contributed by atoms with E-state index in [1.165, 1.54) is 23.5 Å². The Balaban J connectivity index is 1.92. The molecular formula is C18H14F3N3OS. The average molecular weight is 377 g/mol. The number of carbonyl (C=O) groups is 1. The highest BCUT2D eigenvalue weighted by molar-refractivity contribution is 7.09. The number of hydrogen-bond donors (Lipinski definition) is 1. The van der Waals surface area contributed by atoms with Crippen molar-refractivity contribution in [2.24, 2.45) is 4.99 Å². The van der Waals surface area contributed by atoms with E-state index in [2.05, 4.69) is 10.3 Å². The van der Waals surface area contributed by atoms with E-state index in [1.807, 2.05) is 13.0 Å². The number of hydrogen-bond acceptors (Lipinski definition) is 2. The van der Waals surface area contributed by atoms with Gasteiger partial charge in [0.05, 0.1) is 5.56 Å². The fraction of sp³-hybridized carbons (Fsp3) is 0.111. The molecule has 134 valence electrons. The van der Waals surface area contributed by atoms with Gasteiger partial charge in [-0.2, -0.15) is 18.2 Å². The van der Waals surface area contributed by atoms with Crippen molar-refractivity contribution in [3.8, 4) is 5.69 Å². The minimum Gasteiger partial charge on any atom is -0.306 e. The number of rotatable bonds is 2.